The van der Waals surface area contributed by atoms with E-state index < -0.39 is 0 Å². The van der Waals surface area contributed by atoms with Crippen LogP contribution in [0.25, 0.3) is 5.69 Å². The number of hydrogen-bond donors (Lipinski definition) is 0. The predicted octanol–water partition coefficient (Wildman–Crippen LogP) is 2.38. The van der Waals surface area contributed by atoms with E-state index in [1.165, 1.54) is 24.9 Å². The zero-order valence-corrected chi connectivity index (χ0v) is 11.6. The molecule has 0 radical (unpaired) electrons. The molecular formula is C15H18N4O. The molecule has 1 aromatic carbocycles. The first kappa shape index (κ1) is 12.8. The molecule has 0 spiro atoms. The molecule has 20 heavy (non-hydrogen) atoms. The SMILES string of the molecule is Cc1c(C=O)nnn1-c1ccc(N2CCCCC2)cc1. The van der Waals surface area contributed by atoms with Gasteiger partial charge in [0.25, 0.3) is 0 Å². The van der Waals surface area contributed by atoms with Crippen LogP contribution in [0.5, 0.6) is 0 Å². The van der Waals surface area contributed by atoms with Crippen molar-refractivity contribution in [3.05, 3.63) is 35.7 Å². The van der Waals surface area contributed by atoms with Crippen LogP contribution in [-0.2, 0) is 0 Å². The quantitative estimate of drug-likeness (QED) is 0.803. The fourth-order valence-electron chi connectivity index (χ4n) is 2.65. The molecule has 1 fully saturated rings. The van der Waals surface area contributed by atoms with Crippen LogP contribution in [0.4, 0.5) is 5.69 Å². The van der Waals surface area contributed by atoms with Crippen molar-refractivity contribution in [2.45, 2.75) is 26.2 Å². The Labute approximate surface area is 118 Å². The van der Waals surface area contributed by atoms with Crippen LogP contribution in [-0.4, -0.2) is 34.4 Å². The van der Waals surface area contributed by atoms with Crippen LogP contribution >= 0.6 is 0 Å². The van der Waals surface area contributed by atoms with Crippen molar-refractivity contribution in [3.63, 3.8) is 0 Å². The minimum Gasteiger partial charge on any atom is -0.372 e. The highest BCUT2D eigenvalue weighted by molar-refractivity contribution is 5.73. The van der Waals surface area contributed by atoms with Crippen LogP contribution in [0.2, 0.25) is 0 Å². The number of carbonyl (C=O) groups excluding carboxylic acids is 1. The number of piperidine rings is 1. The number of nitrogens with zero attached hydrogens (tertiary/aromatic N) is 4. The van der Waals surface area contributed by atoms with E-state index in [1.807, 2.05) is 19.1 Å². The van der Waals surface area contributed by atoms with Gasteiger partial charge in [0, 0.05) is 18.8 Å². The van der Waals surface area contributed by atoms with Crippen molar-refractivity contribution in [2.75, 3.05) is 18.0 Å². The lowest BCUT2D eigenvalue weighted by Gasteiger charge is -2.28. The molecule has 0 N–H and O–H groups in total. The second kappa shape index (κ2) is 5.45. The summed E-state index contributed by atoms with van der Waals surface area (Å²) in [6.07, 6.45) is 4.61. The molecule has 3 rings (SSSR count). The van der Waals surface area contributed by atoms with E-state index in [9.17, 15) is 4.79 Å². The molecule has 1 aromatic heterocycles. The zero-order valence-electron chi connectivity index (χ0n) is 11.6. The first-order valence-corrected chi connectivity index (χ1v) is 7.02. The van der Waals surface area contributed by atoms with Gasteiger partial charge in [-0.3, -0.25) is 4.79 Å². The van der Waals surface area contributed by atoms with Crippen LogP contribution < -0.4 is 4.90 Å². The smallest absolute Gasteiger partial charge is 0.172 e. The Morgan fingerprint density at radius 3 is 2.30 bits per heavy atom. The van der Waals surface area contributed by atoms with Gasteiger partial charge in [-0.15, -0.1) is 5.10 Å². The molecule has 5 heteroatoms. The summed E-state index contributed by atoms with van der Waals surface area (Å²) < 4.78 is 1.70. The average Bonchev–Trinajstić information content (AvgIpc) is 2.89. The second-order valence-corrected chi connectivity index (χ2v) is 5.15. The maximum atomic E-state index is 10.8. The summed E-state index contributed by atoms with van der Waals surface area (Å²) in [4.78, 5) is 13.2. The summed E-state index contributed by atoms with van der Waals surface area (Å²) in [5.41, 5.74) is 3.35. The predicted molar refractivity (Wildman–Crippen MR) is 77.5 cm³/mol. The molecule has 0 saturated carbocycles. The summed E-state index contributed by atoms with van der Waals surface area (Å²) in [5.74, 6) is 0. The molecule has 0 unspecified atom stereocenters. The Balaban J connectivity index is 1.85. The summed E-state index contributed by atoms with van der Waals surface area (Å²) in [7, 11) is 0. The molecule has 0 atom stereocenters. The maximum absolute atomic E-state index is 10.8. The van der Waals surface area contributed by atoms with Crippen molar-refractivity contribution >= 4 is 12.0 Å². The number of hydrogen-bond acceptors (Lipinski definition) is 4. The number of aldehydes is 1. The fourth-order valence-corrected chi connectivity index (χ4v) is 2.65. The van der Waals surface area contributed by atoms with Gasteiger partial charge < -0.3 is 4.90 Å². The Morgan fingerprint density at radius 1 is 1.05 bits per heavy atom. The highest BCUT2D eigenvalue weighted by Crippen LogP contribution is 2.21. The van der Waals surface area contributed by atoms with E-state index in [-0.39, 0.29) is 0 Å². The number of rotatable bonds is 3. The van der Waals surface area contributed by atoms with Gasteiger partial charge in [-0.1, -0.05) is 5.21 Å². The van der Waals surface area contributed by atoms with Crippen molar-refractivity contribution in [1.29, 1.82) is 0 Å². The third-order valence-corrected chi connectivity index (χ3v) is 3.86. The van der Waals surface area contributed by atoms with Crippen molar-refractivity contribution in [1.82, 2.24) is 15.0 Å². The van der Waals surface area contributed by atoms with Crippen LogP contribution in [0, 0.1) is 6.92 Å². The minimum absolute atomic E-state index is 0.394. The Bertz CT molecular complexity index is 597. The highest BCUT2D eigenvalue weighted by atomic mass is 16.1. The molecule has 2 aromatic rings. The highest BCUT2D eigenvalue weighted by Gasteiger charge is 2.12. The van der Waals surface area contributed by atoms with Gasteiger partial charge in [0.15, 0.2) is 6.29 Å². The molecule has 0 amide bonds. The lowest BCUT2D eigenvalue weighted by atomic mass is 10.1. The molecule has 5 nitrogen and oxygen atoms in total. The first-order valence-electron chi connectivity index (χ1n) is 7.02. The van der Waals surface area contributed by atoms with E-state index in [2.05, 4.69) is 27.3 Å². The van der Waals surface area contributed by atoms with E-state index in [4.69, 9.17) is 0 Å². The van der Waals surface area contributed by atoms with Crippen molar-refractivity contribution in [2.24, 2.45) is 0 Å². The van der Waals surface area contributed by atoms with Gasteiger partial charge >= 0.3 is 0 Å². The third kappa shape index (κ3) is 2.31. The van der Waals surface area contributed by atoms with Gasteiger partial charge in [-0.2, -0.15) is 0 Å². The Morgan fingerprint density at radius 2 is 1.70 bits per heavy atom. The van der Waals surface area contributed by atoms with Crippen LogP contribution in [0.1, 0.15) is 35.4 Å². The molecule has 2 heterocycles. The zero-order chi connectivity index (χ0) is 13.9. The largest absolute Gasteiger partial charge is 0.372 e. The van der Waals surface area contributed by atoms with Gasteiger partial charge in [0.2, 0.25) is 0 Å². The molecule has 1 saturated heterocycles. The van der Waals surface area contributed by atoms with E-state index >= 15 is 0 Å². The van der Waals surface area contributed by atoms with Crippen LogP contribution in [0.15, 0.2) is 24.3 Å². The lowest BCUT2D eigenvalue weighted by molar-refractivity contribution is 0.111. The summed E-state index contributed by atoms with van der Waals surface area (Å²) in [5, 5.41) is 7.88. The van der Waals surface area contributed by atoms with E-state index in [0.717, 1.165) is 30.8 Å². The minimum atomic E-state index is 0.394. The van der Waals surface area contributed by atoms with Gasteiger partial charge in [0.05, 0.1) is 11.4 Å². The number of aromatic nitrogens is 3. The molecule has 104 valence electrons. The molecule has 0 aliphatic carbocycles. The van der Waals surface area contributed by atoms with E-state index in [0.29, 0.717) is 5.69 Å². The summed E-state index contributed by atoms with van der Waals surface area (Å²) in [6.45, 7) is 4.12. The van der Waals surface area contributed by atoms with Crippen LogP contribution in [0.3, 0.4) is 0 Å². The second-order valence-electron chi connectivity index (χ2n) is 5.15. The topological polar surface area (TPSA) is 51.0 Å². The van der Waals surface area contributed by atoms with Crippen molar-refractivity contribution in [3.8, 4) is 5.69 Å². The van der Waals surface area contributed by atoms with Gasteiger partial charge in [-0.05, 0) is 50.5 Å². The van der Waals surface area contributed by atoms with Gasteiger partial charge in [0.1, 0.15) is 5.69 Å². The lowest BCUT2D eigenvalue weighted by Crippen LogP contribution is -2.29. The maximum Gasteiger partial charge on any atom is 0.172 e. The summed E-state index contributed by atoms with van der Waals surface area (Å²) >= 11 is 0. The fraction of sp³-hybridized carbons (Fsp3) is 0.400. The first-order chi connectivity index (χ1) is 9.79. The van der Waals surface area contributed by atoms with Gasteiger partial charge in [-0.25, -0.2) is 4.68 Å². The van der Waals surface area contributed by atoms with E-state index in [1.54, 1.807) is 4.68 Å². The molecule has 1 aliphatic rings. The third-order valence-electron chi connectivity index (χ3n) is 3.86. The Kier molecular flexibility index (Phi) is 3.50. The summed E-state index contributed by atoms with van der Waals surface area (Å²) in [6, 6.07) is 8.28. The number of carbonyl (C=O) groups is 1. The monoisotopic (exact) mass is 270 g/mol. The van der Waals surface area contributed by atoms with Crippen molar-refractivity contribution < 1.29 is 4.79 Å². The Hall–Kier alpha value is -2.17. The standard InChI is InChI=1S/C15H18N4O/c1-12-15(11-20)16-17-19(12)14-7-5-13(6-8-14)18-9-3-2-4-10-18/h5-8,11H,2-4,9-10H2,1H3. The number of anilines is 1. The normalized spacial score (nSPS) is 15.3. The molecular weight excluding hydrogens is 252 g/mol. The molecule has 0 bridgehead atoms. The number of benzene rings is 1. The average molecular weight is 270 g/mol. The molecule has 1 aliphatic heterocycles.